The number of aryl methyl sites for hydroxylation is 1. The Hall–Kier alpha value is -3.32. The fraction of sp³-hybridized carbons (Fsp3) is 0.227. The minimum absolute atomic E-state index is 0. The smallest absolute Gasteiger partial charge is 0.303 e. The number of halogens is 1. The number of carboxylic acid groups (broad SMARTS) is 1. The first-order valence-corrected chi connectivity index (χ1v) is 9.25. The predicted molar refractivity (Wildman–Crippen MR) is 118 cm³/mol. The molecule has 7 nitrogen and oxygen atoms in total. The number of aliphatic carboxylic acids is 1. The van der Waals surface area contributed by atoms with Crippen molar-refractivity contribution in [3.8, 4) is 0 Å². The molecule has 158 valence electrons. The summed E-state index contributed by atoms with van der Waals surface area (Å²) in [6.45, 7) is 0.324. The van der Waals surface area contributed by atoms with Crippen molar-refractivity contribution in [3.05, 3.63) is 71.0 Å². The fourth-order valence-corrected chi connectivity index (χ4v) is 3.31. The van der Waals surface area contributed by atoms with E-state index in [9.17, 15) is 9.59 Å². The van der Waals surface area contributed by atoms with E-state index >= 15 is 0 Å². The summed E-state index contributed by atoms with van der Waals surface area (Å²) in [5, 5.41) is 16.2. The monoisotopic (exact) mass is 429 g/mol. The molecular weight excluding hydrogens is 406 g/mol. The number of nitrogens with one attached hydrogen (secondary N) is 1. The summed E-state index contributed by atoms with van der Waals surface area (Å²) in [7, 11) is 1.55. The van der Waals surface area contributed by atoms with E-state index in [0.717, 1.165) is 11.1 Å². The van der Waals surface area contributed by atoms with Crippen molar-refractivity contribution in [2.75, 3.05) is 18.6 Å². The van der Waals surface area contributed by atoms with Crippen molar-refractivity contribution >= 4 is 41.4 Å². The zero-order valence-corrected chi connectivity index (χ0v) is 17.4. The molecule has 1 heterocycles. The van der Waals surface area contributed by atoms with E-state index in [2.05, 4.69) is 0 Å². The lowest BCUT2D eigenvalue weighted by atomic mass is 10.0. The number of benzene rings is 2. The Balaban J connectivity index is 0.00000320. The number of methoxy groups -OCH3 is 1. The molecule has 0 unspecified atom stereocenters. The van der Waals surface area contributed by atoms with Crippen molar-refractivity contribution in [1.29, 1.82) is 5.41 Å². The van der Waals surface area contributed by atoms with Crippen LogP contribution in [0.1, 0.15) is 29.5 Å². The van der Waals surface area contributed by atoms with Gasteiger partial charge in [-0.3, -0.25) is 15.0 Å². The van der Waals surface area contributed by atoms with Gasteiger partial charge >= 0.3 is 5.97 Å². The third kappa shape index (κ3) is 4.99. The van der Waals surface area contributed by atoms with E-state index in [0.29, 0.717) is 42.0 Å². The zero-order valence-electron chi connectivity index (χ0n) is 16.6. The van der Waals surface area contributed by atoms with Crippen LogP contribution >= 0.6 is 12.4 Å². The van der Waals surface area contributed by atoms with Crippen LogP contribution in [0.15, 0.2) is 54.3 Å². The summed E-state index contributed by atoms with van der Waals surface area (Å²) in [4.78, 5) is 25.3. The predicted octanol–water partition coefficient (Wildman–Crippen LogP) is 3.20. The van der Waals surface area contributed by atoms with Crippen LogP contribution in [0, 0.1) is 5.41 Å². The third-order valence-corrected chi connectivity index (χ3v) is 4.87. The highest BCUT2D eigenvalue weighted by Gasteiger charge is 2.33. The summed E-state index contributed by atoms with van der Waals surface area (Å²) in [5.74, 6) is -0.394. The number of hydrogen-bond donors (Lipinski definition) is 3. The molecule has 0 atom stereocenters. The van der Waals surface area contributed by atoms with Crippen LogP contribution in [0.5, 0.6) is 0 Å². The second-order valence-corrected chi connectivity index (χ2v) is 6.80. The van der Waals surface area contributed by atoms with Gasteiger partial charge in [-0.15, -0.1) is 12.4 Å². The van der Waals surface area contributed by atoms with E-state index in [1.54, 1.807) is 36.3 Å². The average Bonchev–Trinajstić information content (AvgIpc) is 3.04. The number of rotatable bonds is 8. The lowest BCUT2D eigenvalue weighted by Crippen LogP contribution is -2.26. The first-order chi connectivity index (χ1) is 13.9. The van der Waals surface area contributed by atoms with Gasteiger partial charge in [-0.1, -0.05) is 24.3 Å². The largest absolute Gasteiger partial charge is 0.498 e. The van der Waals surface area contributed by atoms with Crippen LogP contribution in [-0.2, 0) is 20.7 Å². The highest BCUT2D eigenvalue weighted by Crippen LogP contribution is 2.32. The van der Waals surface area contributed by atoms with Gasteiger partial charge in [0.2, 0.25) is 0 Å². The second-order valence-electron chi connectivity index (χ2n) is 6.80. The number of hydrogen-bond acceptors (Lipinski definition) is 4. The van der Waals surface area contributed by atoms with E-state index < -0.39 is 5.97 Å². The first-order valence-electron chi connectivity index (χ1n) is 9.25. The Labute approximate surface area is 181 Å². The number of amides is 1. The van der Waals surface area contributed by atoms with Crippen molar-refractivity contribution in [2.24, 2.45) is 5.73 Å². The normalized spacial score (nSPS) is 13.2. The van der Waals surface area contributed by atoms with E-state index in [1.165, 1.54) is 0 Å². The second kappa shape index (κ2) is 9.93. The highest BCUT2D eigenvalue weighted by atomic mass is 35.5. The molecule has 8 heteroatoms. The summed E-state index contributed by atoms with van der Waals surface area (Å²) in [5.41, 5.74) is 9.09. The van der Waals surface area contributed by atoms with Crippen LogP contribution < -0.4 is 10.6 Å². The van der Waals surface area contributed by atoms with E-state index in [1.807, 2.05) is 24.3 Å². The van der Waals surface area contributed by atoms with Crippen LogP contribution in [0.2, 0.25) is 0 Å². The number of nitrogens with zero attached hydrogens (tertiary/aromatic N) is 1. The quantitative estimate of drug-likeness (QED) is 0.440. The number of carboxylic acids is 1. The molecule has 1 amide bonds. The average molecular weight is 430 g/mol. The third-order valence-electron chi connectivity index (χ3n) is 4.87. The van der Waals surface area contributed by atoms with Gasteiger partial charge in [-0.2, -0.15) is 0 Å². The minimum atomic E-state index is -0.801. The van der Waals surface area contributed by atoms with Gasteiger partial charge in [0.1, 0.15) is 11.6 Å². The molecule has 4 N–H and O–H groups in total. The molecule has 1 aliphatic heterocycles. The Morgan fingerprint density at radius 1 is 1.17 bits per heavy atom. The van der Waals surface area contributed by atoms with Crippen molar-refractivity contribution < 1.29 is 19.4 Å². The van der Waals surface area contributed by atoms with E-state index in [-0.39, 0.29) is 30.6 Å². The van der Waals surface area contributed by atoms with Crippen molar-refractivity contribution in [3.63, 3.8) is 0 Å². The first kappa shape index (κ1) is 23.0. The standard InChI is InChI=1S/C22H23N3O4.ClH/c1-29-18-13-25(17-11-9-16(10-12-17)21(23)24)22(28)20(18)15-7-5-14(6-8-15)3-2-4-19(26)27;/h5-12H,2-4,13H2,1H3,(H3,23,24)(H,26,27);1H. The number of nitrogen functional groups attached to an aromatic ring is 1. The lowest BCUT2D eigenvalue weighted by Gasteiger charge is -2.17. The van der Waals surface area contributed by atoms with Crippen LogP contribution in [0.3, 0.4) is 0 Å². The van der Waals surface area contributed by atoms with Gasteiger partial charge in [0.25, 0.3) is 5.91 Å². The SMILES string of the molecule is COC1=C(c2ccc(CCCC(=O)O)cc2)C(=O)N(c2ccc(C(=N)N)cc2)C1.Cl. The number of ether oxygens (including phenoxy) is 1. The maximum absolute atomic E-state index is 13.1. The molecule has 2 aromatic carbocycles. The summed E-state index contributed by atoms with van der Waals surface area (Å²) in [6, 6.07) is 14.5. The fourth-order valence-electron chi connectivity index (χ4n) is 3.31. The molecule has 0 radical (unpaired) electrons. The van der Waals surface area contributed by atoms with Gasteiger partial charge < -0.3 is 20.5 Å². The Morgan fingerprint density at radius 3 is 2.33 bits per heavy atom. The molecule has 0 aliphatic carbocycles. The molecule has 0 saturated heterocycles. The molecule has 1 aliphatic rings. The molecule has 0 aromatic heterocycles. The number of nitrogens with two attached hydrogens (primary N) is 1. The van der Waals surface area contributed by atoms with Gasteiger partial charge in [0, 0.05) is 17.7 Å². The van der Waals surface area contributed by atoms with Gasteiger partial charge in [0.15, 0.2) is 0 Å². The molecular formula is C22H24ClN3O4. The molecule has 0 fully saturated rings. The number of anilines is 1. The summed E-state index contributed by atoms with van der Waals surface area (Å²) >= 11 is 0. The van der Waals surface area contributed by atoms with Crippen LogP contribution in [-0.4, -0.2) is 36.5 Å². The zero-order chi connectivity index (χ0) is 21.0. The van der Waals surface area contributed by atoms with Gasteiger partial charge in [-0.25, -0.2) is 0 Å². The minimum Gasteiger partial charge on any atom is -0.498 e. The lowest BCUT2D eigenvalue weighted by molar-refractivity contribution is -0.137. The number of carbonyl (C=O) groups is 2. The Bertz CT molecular complexity index is 969. The van der Waals surface area contributed by atoms with Gasteiger partial charge in [-0.05, 0) is 48.2 Å². The van der Waals surface area contributed by atoms with E-state index in [4.69, 9.17) is 21.0 Å². The molecule has 0 spiro atoms. The number of carbonyl (C=O) groups excluding carboxylic acids is 1. The molecule has 0 bridgehead atoms. The molecule has 3 rings (SSSR count). The maximum atomic E-state index is 13.1. The van der Waals surface area contributed by atoms with Gasteiger partial charge in [0.05, 0.1) is 19.2 Å². The summed E-state index contributed by atoms with van der Waals surface area (Å²) < 4.78 is 5.48. The number of amidine groups is 1. The molecule has 2 aromatic rings. The Morgan fingerprint density at radius 2 is 1.80 bits per heavy atom. The highest BCUT2D eigenvalue weighted by molar-refractivity contribution is 6.29. The van der Waals surface area contributed by atoms with Crippen LogP contribution in [0.4, 0.5) is 5.69 Å². The maximum Gasteiger partial charge on any atom is 0.303 e. The van der Waals surface area contributed by atoms with Crippen LogP contribution in [0.25, 0.3) is 5.57 Å². The van der Waals surface area contributed by atoms with Crippen molar-refractivity contribution in [1.82, 2.24) is 0 Å². The topological polar surface area (TPSA) is 117 Å². The Kier molecular flexibility index (Phi) is 7.60. The molecule has 30 heavy (non-hydrogen) atoms. The van der Waals surface area contributed by atoms with Crippen molar-refractivity contribution in [2.45, 2.75) is 19.3 Å². The molecule has 0 saturated carbocycles. The summed E-state index contributed by atoms with van der Waals surface area (Å²) in [6.07, 6.45) is 1.38.